The maximum absolute atomic E-state index is 13.5. The van der Waals surface area contributed by atoms with E-state index >= 15 is 0 Å². The predicted molar refractivity (Wildman–Crippen MR) is 93.7 cm³/mol. The van der Waals surface area contributed by atoms with Crippen LogP contribution < -0.4 is 5.14 Å². The summed E-state index contributed by atoms with van der Waals surface area (Å²) in [6.07, 6.45) is 1.06. The van der Waals surface area contributed by atoms with E-state index in [2.05, 4.69) is 9.97 Å². The number of aromatic nitrogens is 2. The van der Waals surface area contributed by atoms with Crippen LogP contribution in [-0.4, -0.2) is 18.4 Å². The molecule has 0 spiro atoms. The molecule has 26 heavy (non-hydrogen) atoms. The molecule has 2 aromatic carbocycles. The summed E-state index contributed by atoms with van der Waals surface area (Å²) in [7, 11) is -4.00. The number of benzene rings is 2. The van der Waals surface area contributed by atoms with Crippen LogP contribution in [0.15, 0.2) is 47.6 Å². The monoisotopic (exact) mass is 417 g/mol. The van der Waals surface area contributed by atoms with Crippen LogP contribution in [0.3, 0.4) is 0 Å². The number of sulfonamides is 1. The second kappa shape index (κ2) is 6.96. The molecule has 3 N–H and O–H groups in total. The normalized spacial score (nSPS) is 11.9. The SMILES string of the molecule is NS(=O)(=O)c1cnc(C(c2ccc(F)c(Cl)c2)c2ccc(F)c(Cl)c2)[nH]1. The van der Waals surface area contributed by atoms with Gasteiger partial charge in [0, 0.05) is 0 Å². The van der Waals surface area contributed by atoms with Crippen molar-refractivity contribution < 1.29 is 17.2 Å². The summed E-state index contributed by atoms with van der Waals surface area (Å²) in [6.45, 7) is 0. The molecule has 3 rings (SSSR count). The molecule has 136 valence electrons. The minimum Gasteiger partial charge on any atom is -0.331 e. The lowest BCUT2D eigenvalue weighted by atomic mass is 9.90. The van der Waals surface area contributed by atoms with Gasteiger partial charge in [0.1, 0.15) is 17.5 Å². The summed E-state index contributed by atoms with van der Waals surface area (Å²) in [5.74, 6) is -1.74. The van der Waals surface area contributed by atoms with E-state index in [1.807, 2.05) is 0 Å². The van der Waals surface area contributed by atoms with Crippen molar-refractivity contribution in [2.75, 3.05) is 0 Å². The number of aromatic amines is 1. The Kier molecular flexibility index (Phi) is 5.03. The summed E-state index contributed by atoms with van der Waals surface area (Å²) in [5.41, 5.74) is 0.990. The van der Waals surface area contributed by atoms with Crippen molar-refractivity contribution in [1.82, 2.24) is 9.97 Å². The van der Waals surface area contributed by atoms with Crippen molar-refractivity contribution in [2.24, 2.45) is 5.14 Å². The van der Waals surface area contributed by atoms with Crippen LogP contribution in [0.25, 0.3) is 0 Å². The molecule has 0 unspecified atom stereocenters. The largest absolute Gasteiger partial charge is 0.331 e. The van der Waals surface area contributed by atoms with Gasteiger partial charge in [0.05, 0.1) is 22.2 Å². The summed E-state index contributed by atoms with van der Waals surface area (Å²) < 4.78 is 50.1. The first-order chi connectivity index (χ1) is 12.2. The molecular weight excluding hydrogens is 407 g/mol. The van der Waals surface area contributed by atoms with Crippen LogP contribution in [0.5, 0.6) is 0 Å². The van der Waals surface area contributed by atoms with Crippen molar-refractivity contribution in [1.29, 1.82) is 0 Å². The Bertz CT molecular complexity index is 1040. The number of hydrogen-bond donors (Lipinski definition) is 2. The molecule has 0 aliphatic carbocycles. The second-order valence-electron chi connectivity index (χ2n) is 5.46. The van der Waals surface area contributed by atoms with Crippen LogP contribution in [0.4, 0.5) is 8.78 Å². The number of hydrogen-bond acceptors (Lipinski definition) is 3. The zero-order valence-corrected chi connectivity index (χ0v) is 15.2. The molecule has 0 amide bonds. The Hall–Kier alpha value is -2.00. The third-order valence-electron chi connectivity index (χ3n) is 3.71. The van der Waals surface area contributed by atoms with Crippen LogP contribution in [0.1, 0.15) is 22.9 Å². The van der Waals surface area contributed by atoms with E-state index in [0.29, 0.717) is 11.1 Å². The fourth-order valence-electron chi connectivity index (χ4n) is 2.50. The number of nitrogens with two attached hydrogens (primary N) is 1. The molecule has 0 aliphatic heterocycles. The molecule has 0 radical (unpaired) electrons. The lowest BCUT2D eigenvalue weighted by Gasteiger charge is -2.17. The quantitative estimate of drug-likeness (QED) is 0.675. The van der Waals surface area contributed by atoms with Crippen LogP contribution in [-0.2, 0) is 10.0 Å². The number of H-pyrrole nitrogens is 1. The zero-order chi connectivity index (χ0) is 19.1. The smallest absolute Gasteiger partial charge is 0.255 e. The average molecular weight is 418 g/mol. The van der Waals surface area contributed by atoms with E-state index in [0.717, 1.165) is 6.20 Å². The van der Waals surface area contributed by atoms with Crippen molar-refractivity contribution >= 4 is 33.2 Å². The minimum absolute atomic E-state index is 0.126. The molecule has 1 aromatic heterocycles. The van der Waals surface area contributed by atoms with E-state index < -0.39 is 27.6 Å². The molecule has 0 aliphatic rings. The third-order valence-corrected chi connectivity index (χ3v) is 5.11. The molecule has 0 saturated heterocycles. The number of nitrogens with one attached hydrogen (secondary N) is 1. The van der Waals surface area contributed by atoms with Gasteiger partial charge >= 0.3 is 0 Å². The summed E-state index contributed by atoms with van der Waals surface area (Å²) >= 11 is 11.7. The lowest BCUT2D eigenvalue weighted by Crippen LogP contribution is -2.13. The molecule has 5 nitrogen and oxygen atoms in total. The first kappa shape index (κ1) is 18.8. The number of imidazole rings is 1. The fourth-order valence-corrected chi connectivity index (χ4v) is 3.33. The first-order valence-corrected chi connectivity index (χ1v) is 9.44. The Balaban J connectivity index is 2.19. The van der Waals surface area contributed by atoms with E-state index in [9.17, 15) is 17.2 Å². The number of nitrogens with zero attached hydrogens (tertiary/aromatic N) is 1. The second-order valence-corrected chi connectivity index (χ2v) is 7.80. The Morgan fingerprint density at radius 3 is 1.88 bits per heavy atom. The van der Waals surface area contributed by atoms with E-state index in [4.69, 9.17) is 28.3 Å². The minimum atomic E-state index is -4.00. The maximum Gasteiger partial charge on any atom is 0.255 e. The maximum atomic E-state index is 13.5. The highest BCUT2D eigenvalue weighted by Crippen LogP contribution is 2.34. The van der Waals surface area contributed by atoms with Crippen molar-refractivity contribution in [3.63, 3.8) is 0 Å². The van der Waals surface area contributed by atoms with Crippen molar-refractivity contribution in [2.45, 2.75) is 10.9 Å². The molecule has 1 heterocycles. The third kappa shape index (κ3) is 3.73. The van der Waals surface area contributed by atoms with E-state index in [-0.39, 0.29) is 20.9 Å². The van der Waals surface area contributed by atoms with Gasteiger partial charge in [-0.2, -0.15) is 0 Å². The van der Waals surface area contributed by atoms with Gasteiger partial charge in [-0.15, -0.1) is 0 Å². The van der Waals surface area contributed by atoms with Crippen molar-refractivity contribution in [3.8, 4) is 0 Å². The summed E-state index contributed by atoms with van der Waals surface area (Å²) in [4.78, 5) is 6.67. The first-order valence-electron chi connectivity index (χ1n) is 7.14. The Labute approximate surface area is 157 Å². The average Bonchev–Trinajstić information content (AvgIpc) is 3.04. The van der Waals surface area contributed by atoms with Crippen LogP contribution >= 0.6 is 23.2 Å². The predicted octanol–water partition coefficient (Wildman–Crippen LogP) is 3.82. The van der Waals surface area contributed by atoms with Gasteiger partial charge in [-0.3, -0.25) is 0 Å². The molecular formula is C16H11Cl2F2N3O2S. The van der Waals surface area contributed by atoms with Gasteiger partial charge in [-0.25, -0.2) is 27.3 Å². The molecule has 0 saturated carbocycles. The van der Waals surface area contributed by atoms with Crippen LogP contribution in [0, 0.1) is 11.6 Å². The summed E-state index contributed by atoms with van der Waals surface area (Å²) in [6, 6.07) is 8.00. The lowest BCUT2D eigenvalue weighted by molar-refractivity contribution is 0.594. The zero-order valence-electron chi connectivity index (χ0n) is 12.9. The number of primary sulfonamides is 1. The van der Waals surface area contributed by atoms with Crippen molar-refractivity contribution in [3.05, 3.63) is 81.2 Å². The van der Waals surface area contributed by atoms with Gasteiger partial charge in [-0.05, 0) is 35.4 Å². The highest BCUT2D eigenvalue weighted by atomic mass is 35.5. The standard InChI is InChI=1S/C16H11Cl2F2N3O2S/c17-10-5-8(1-3-12(10)19)15(9-2-4-13(20)11(18)6-9)16-22-7-14(23-16)26(21,24)25/h1-7,15H,(H,22,23)(H2,21,24,25). The molecule has 3 aromatic rings. The van der Waals surface area contributed by atoms with Gasteiger partial charge in [0.25, 0.3) is 10.0 Å². The highest BCUT2D eigenvalue weighted by molar-refractivity contribution is 7.89. The summed E-state index contributed by atoms with van der Waals surface area (Å²) in [5, 5.41) is 4.55. The van der Waals surface area contributed by atoms with E-state index in [1.54, 1.807) is 0 Å². The Morgan fingerprint density at radius 1 is 1.00 bits per heavy atom. The fraction of sp³-hybridized carbons (Fsp3) is 0.0625. The number of rotatable bonds is 4. The molecule has 10 heteroatoms. The van der Waals surface area contributed by atoms with Gasteiger partial charge in [0.15, 0.2) is 5.03 Å². The Morgan fingerprint density at radius 2 is 1.50 bits per heavy atom. The number of halogens is 4. The topological polar surface area (TPSA) is 88.8 Å². The van der Waals surface area contributed by atoms with Gasteiger partial charge in [0.2, 0.25) is 0 Å². The van der Waals surface area contributed by atoms with Gasteiger partial charge < -0.3 is 4.98 Å². The van der Waals surface area contributed by atoms with E-state index in [1.165, 1.54) is 36.4 Å². The van der Waals surface area contributed by atoms with Crippen LogP contribution in [0.2, 0.25) is 10.0 Å². The highest BCUT2D eigenvalue weighted by Gasteiger charge is 2.24. The molecule has 0 bridgehead atoms. The molecule has 0 fully saturated rings. The van der Waals surface area contributed by atoms with Gasteiger partial charge in [-0.1, -0.05) is 35.3 Å². The molecule has 0 atom stereocenters.